The van der Waals surface area contributed by atoms with E-state index in [4.69, 9.17) is 22.9 Å². The zero-order valence-corrected chi connectivity index (χ0v) is 19.3. The van der Waals surface area contributed by atoms with Crippen LogP contribution in [0.5, 0.6) is 5.75 Å². The van der Waals surface area contributed by atoms with E-state index < -0.39 is 0 Å². The van der Waals surface area contributed by atoms with Gasteiger partial charge in [-0.05, 0) is 47.9 Å². The summed E-state index contributed by atoms with van der Waals surface area (Å²) in [6, 6.07) is 23.8. The van der Waals surface area contributed by atoms with Crippen molar-refractivity contribution in [1.82, 2.24) is 4.90 Å². The van der Waals surface area contributed by atoms with Crippen molar-refractivity contribution < 1.29 is 4.74 Å². The van der Waals surface area contributed by atoms with Crippen LogP contribution in [-0.2, 0) is 6.42 Å². The van der Waals surface area contributed by atoms with E-state index in [-0.39, 0.29) is 6.04 Å². The lowest BCUT2D eigenvalue weighted by molar-refractivity contribution is 0.225. The molecule has 0 amide bonds. The second-order valence-corrected chi connectivity index (χ2v) is 8.50. The van der Waals surface area contributed by atoms with Crippen LogP contribution in [0.1, 0.15) is 22.7 Å². The number of rotatable bonds is 6. The average molecular weight is 457 g/mol. The van der Waals surface area contributed by atoms with Gasteiger partial charge in [-0.1, -0.05) is 48.0 Å². The number of halogens is 1. The largest absolute Gasteiger partial charge is 0.497 e. The molecule has 1 fully saturated rings. The van der Waals surface area contributed by atoms with Crippen molar-refractivity contribution in [3.05, 3.63) is 99.9 Å². The lowest BCUT2D eigenvalue weighted by Gasteiger charge is -2.43. The monoisotopic (exact) mass is 456 g/mol. The van der Waals surface area contributed by atoms with Crippen LogP contribution in [0.2, 0.25) is 5.02 Å². The van der Waals surface area contributed by atoms with Gasteiger partial charge in [-0.15, -0.1) is 0 Å². The molecule has 0 radical (unpaired) electrons. The molecular formula is C27H25ClN4O. The molecule has 166 valence electrons. The van der Waals surface area contributed by atoms with Gasteiger partial charge in [0, 0.05) is 26.2 Å². The Labute approximate surface area is 200 Å². The third-order valence-corrected chi connectivity index (χ3v) is 6.41. The summed E-state index contributed by atoms with van der Waals surface area (Å²) < 4.78 is 5.48. The van der Waals surface area contributed by atoms with Crippen LogP contribution in [0.3, 0.4) is 0 Å². The van der Waals surface area contributed by atoms with E-state index in [1.54, 1.807) is 13.2 Å². The van der Waals surface area contributed by atoms with E-state index in [9.17, 15) is 5.26 Å². The first-order chi connectivity index (χ1) is 16.1. The molecule has 1 atom stereocenters. The molecule has 0 N–H and O–H groups in total. The summed E-state index contributed by atoms with van der Waals surface area (Å²) in [5.74, 6) is 0.829. The highest BCUT2D eigenvalue weighted by Crippen LogP contribution is 2.36. The Morgan fingerprint density at radius 2 is 1.94 bits per heavy atom. The quantitative estimate of drug-likeness (QED) is 0.434. The van der Waals surface area contributed by atoms with Gasteiger partial charge < -0.3 is 9.64 Å². The number of piperazine rings is 1. The van der Waals surface area contributed by atoms with Crippen LogP contribution in [0.4, 0.5) is 11.4 Å². The van der Waals surface area contributed by atoms with Gasteiger partial charge in [0.25, 0.3) is 0 Å². The van der Waals surface area contributed by atoms with Gasteiger partial charge in [-0.2, -0.15) is 5.26 Å². The first-order valence-corrected chi connectivity index (χ1v) is 11.3. The Hall–Kier alpha value is -3.51. The third-order valence-electron chi connectivity index (χ3n) is 6.11. The van der Waals surface area contributed by atoms with Crippen molar-refractivity contribution >= 4 is 23.0 Å². The molecular weight excluding hydrogens is 432 g/mol. The van der Waals surface area contributed by atoms with Crippen molar-refractivity contribution in [2.24, 2.45) is 0 Å². The highest BCUT2D eigenvalue weighted by Gasteiger charge is 2.30. The summed E-state index contributed by atoms with van der Waals surface area (Å²) in [7, 11) is 1.68. The second kappa shape index (κ2) is 10.4. The number of hydrogen-bond donors (Lipinski definition) is 0. The summed E-state index contributed by atoms with van der Waals surface area (Å²) in [5, 5.41) is 9.80. The molecule has 1 heterocycles. The van der Waals surface area contributed by atoms with Crippen LogP contribution < -0.4 is 9.64 Å². The van der Waals surface area contributed by atoms with Crippen molar-refractivity contribution in [2.75, 3.05) is 38.2 Å². The number of hydrogen-bond acceptors (Lipinski definition) is 4. The van der Waals surface area contributed by atoms with Crippen LogP contribution in [0, 0.1) is 17.9 Å². The topological polar surface area (TPSA) is 43.9 Å². The molecule has 6 heteroatoms. The molecule has 1 aliphatic heterocycles. The number of methoxy groups -OCH3 is 1. The Morgan fingerprint density at radius 1 is 1.12 bits per heavy atom. The summed E-state index contributed by atoms with van der Waals surface area (Å²) >= 11 is 6.60. The average Bonchev–Trinajstić information content (AvgIpc) is 2.87. The normalized spacial score (nSPS) is 16.1. The molecule has 1 aliphatic rings. The smallest absolute Gasteiger partial charge is 0.187 e. The van der Waals surface area contributed by atoms with E-state index in [2.05, 4.69) is 32.8 Å². The molecule has 1 saturated heterocycles. The Bertz CT molecular complexity index is 1200. The van der Waals surface area contributed by atoms with E-state index in [0.717, 1.165) is 44.0 Å². The molecule has 5 nitrogen and oxygen atoms in total. The summed E-state index contributed by atoms with van der Waals surface area (Å²) in [6.45, 7) is 10.6. The van der Waals surface area contributed by atoms with Gasteiger partial charge in [0.15, 0.2) is 5.69 Å². The molecule has 4 rings (SSSR count). The van der Waals surface area contributed by atoms with Gasteiger partial charge in [-0.25, -0.2) is 4.85 Å². The van der Waals surface area contributed by atoms with Crippen LogP contribution >= 0.6 is 11.6 Å². The van der Waals surface area contributed by atoms with Crippen molar-refractivity contribution in [3.8, 4) is 11.8 Å². The lowest BCUT2D eigenvalue weighted by atomic mass is 10.00. The van der Waals surface area contributed by atoms with E-state index in [0.29, 0.717) is 16.3 Å². The van der Waals surface area contributed by atoms with Gasteiger partial charge in [0.05, 0.1) is 42.1 Å². The SMILES string of the molecule is [C-]#[N+]c1ccc(CCN2CCN(c3ccc(C#N)cc3Cl)C(c3cccc(OC)c3)C2)cc1. The number of nitriles is 1. The number of nitrogens with zero attached hydrogens (tertiary/aromatic N) is 4. The second-order valence-electron chi connectivity index (χ2n) is 8.09. The number of anilines is 1. The minimum absolute atomic E-state index is 0.101. The highest BCUT2D eigenvalue weighted by molar-refractivity contribution is 6.33. The predicted molar refractivity (Wildman–Crippen MR) is 132 cm³/mol. The lowest BCUT2D eigenvalue weighted by Crippen LogP contribution is -2.49. The van der Waals surface area contributed by atoms with E-state index >= 15 is 0 Å². The number of benzene rings is 3. The van der Waals surface area contributed by atoms with E-state index in [1.807, 2.05) is 48.5 Å². The van der Waals surface area contributed by atoms with E-state index in [1.165, 1.54) is 11.1 Å². The maximum absolute atomic E-state index is 9.21. The minimum Gasteiger partial charge on any atom is -0.497 e. The van der Waals surface area contributed by atoms with Gasteiger partial charge in [-0.3, -0.25) is 4.90 Å². The van der Waals surface area contributed by atoms with Crippen molar-refractivity contribution in [2.45, 2.75) is 12.5 Å². The molecule has 0 saturated carbocycles. The molecule has 0 aromatic heterocycles. The number of ether oxygens (including phenoxy) is 1. The molecule has 33 heavy (non-hydrogen) atoms. The molecule has 0 spiro atoms. The maximum atomic E-state index is 9.21. The van der Waals surface area contributed by atoms with Gasteiger partial charge in [0.2, 0.25) is 0 Å². The molecule has 0 bridgehead atoms. The van der Waals surface area contributed by atoms with Gasteiger partial charge in [0.1, 0.15) is 5.75 Å². The fourth-order valence-corrected chi connectivity index (χ4v) is 4.59. The summed E-state index contributed by atoms with van der Waals surface area (Å²) in [5.41, 5.74) is 4.57. The molecule has 1 unspecified atom stereocenters. The van der Waals surface area contributed by atoms with Crippen molar-refractivity contribution in [1.29, 1.82) is 5.26 Å². The molecule has 3 aromatic carbocycles. The van der Waals surface area contributed by atoms with Crippen molar-refractivity contribution in [3.63, 3.8) is 0 Å². The first-order valence-electron chi connectivity index (χ1n) is 10.9. The zero-order valence-electron chi connectivity index (χ0n) is 18.5. The summed E-state index contributed by atoms with van der Waals surface area (Å²) in [6.07, 6.45) is 0.931. The fourth-order valence-electron chi connectivity index (χ4n) is 4.30. The van der Waals surface area contributed by atoms with Gasteiger partial charge >= 0.3 is 0 Å². The minimum atomic E-state index is 0.101. The van der Waals surface area contributed by atoms with Crippen LogP contribution in [-0.4, -0.2) is 38.2 Å². The third kappa shape index (κ3) is 5.29. The Morgan fingerprint density at radius 3 is 2.64 bits per heavy atom. The zero-order chi connectivity index (χ0) is 23.2. The molecule has 0 aliphatic carbocycles. The predicted octanol–water partition coefficient (Wildman–Crippen LogP) is 5.88. The highest BCUT2D eigenvalue weighted by atomic mass is 35.5. The first kappa shape index (κ1) is 22.7. The summed E-state index contributed by atoms with van der Waals surface area (Å²) in [4.78, 5) is 8.28. The maximum Gasteiger partial charge on any atom is 0.187 e. The Balaban J connectivity index is 1.57. The van der Waals surface area contributed by atoms with Crippen LogP contribution in [0.15, 0.2) is 66.7 Å². The Kier molecular flexibility index (Phi) is 7.15. The standard InChI is InChI=1S/C27H25ClN4O/c1-30-23-9-6-20(7-10-23)12-13-31-14-15-32(26-11-8-21(18-29)16-25(26)28)27(19-31)22-4-3-5-24(17-22)33-2/h3-11,16-17,27H,12-15,19H2,2H3. The molecule has 3 aromatic rings. The fraction of sp³-hybridized carbons (Fsp3) is 0.259. The van der Waals surface area contributed by atoms with Crippen LogP contribution in [0.25, 0.3) is 4.85 Å².